The summed E-state index contributed by atoms with van der Waals surface area (Å²) in [4.78, 5) is 11.8. The van der Waals surface area contributed by atoms with E-state index in [4.69, 9.17) is 0 Å². The molecule has 0 aliphatic carbocycles. The fraction of sp³-hybridized carbons (Fsp3) is 0.417. The lowest BCUT2D eigenvalue weighted by Crippen LogP contribution is -2.37. The maximum Gasteiger partial charge on any atom is 0.422 e. The third-order valence-electron chi connectivity index (χ3n) is 2.56. The highest BCUT2D eigenvalue weighted by molar-refractivity contribution is 7.99. The molecular formula is C12H13F3N2O2S. The molecule has 0 saturated carbocycles. The molecule has 20 heavy (non-hydrogen) atoms. The summed E-state index contributed by atoms with van der Waals surface area (Å²) < 4.78 is 40.5. The normalized spacial score (nSPS) is 18.9. The van der Waals surface area contributed by atoms with Crippen LogP contribution in [0.4, 0.5) is 18.9 Å². The summed E-state index contributed by atoms with van der Waals surface area (Å²) in [5, 5.41) is 5.72. The quantitative estimate of drug-likeness (QED) is 0.895. The summed E-state index contributed by atoms with van der Waals surface area (Å²) in [6.07, 6.45) is -4.36. The Kier molecular flexibility index (Phi) is 4.77. The minimum absolute atomic E-state index is 0.106. The maximum absolute atomic E-state index is 12.0. The molecule has 1 saturated heterocycles. The third-order valence-corrected chi connectivity index (χ3v) is 3.50. The molecule has 1 aliphatic rings. The van der Waals surface area contributed by atoms with Crippen LogP contribution in [0, 0.1) is 0 Å². The Morgan fingerprint density at radius 1 is 1.40 bits per heavy atom. The van der Waals surface area contributed by atoms with Crippen molar-refractivity contribution < 1.29 is 22.7 Å². The van der Waals surface area contributed by atoms with Gasteiger partial charge in [0.15, 0.2) is 6.61 Å². The molecule has 0 aromatic heterocycles. The molecular weight excluding hydrogens is 293 g/mol. The lowest BCUT2D eigenvalue weighted by atomic mass is 10.2. The molecule has 1 aromatic carbocycles. The van der Waals surface area contributed by atoms with E-state index in [1.807, 2.05) is 0 Å². The molecule has 110 valence electrons. The monoisotopic (exact) mass is 306 g/mol. The molecule has 0 bridgehead atoms. The smallest absolute Gasteiger partial charge is 0.422 e. The fourth-order valence-electron chi connectivity index (χ4n) is 1.59. The zero-order valence-corrected chi connectivity index (χ0v) is 11.2. The number of amides is 1. The largest absolute Gasteiger partial charge is 0.484 e. The second kappa shape index (κ2) is 6.36. The van der Waals surface area contributed by atoms with Gasteiger partial charge in [-0.25, -0.2) is 0 Å². The predicted octanol–water partition coefficient (Wildman–Crippen LogP) is 2.23. The first-order valence-electron chi connectivity index (χ1n) is 5.86. The number of nitrogens with one attached hydrogen (secondary N) is 2. The number of hydrogen-bond acceptors (Lipinski definition) is 4. The third kappa shape index (κ3) is 4.61. The number of thioether (sulfide) groups is 1. The molecule has 4 nitrogen and oxygen atoms in total. The highest BCUT2D eigenvalue weighted by Gasteiger charge is 2.28. The molecule has 0 spiro atoms. The Hall–Kier alpha value is -1.41. The van der Waals surface area contributed by atoms with Crippen LogP contribution in [-0.4, -0.2) is 36.4 Å². The molecule has 1 heterocycles. The zero-order valence-electron chi connectivity index (χ0n) is 10.4. The molecule has 1 atom stereocenters. The zero-order chi connectivity index (χ0) is 14.6. The molecule has 2 rings (SSSR count). The molecule has 0 radical (unpaired) electrons. The van der Waals surface area contributed by atoms with E-state index in [9.17, 15) is 18.0 Å². The van der Waals surface area contributed by atoms with Crippen molar-refractivity contribution in [2.45, 2.75) is 12.2 Å². The minimum Gasteiger partial charge on any atom is -0.484 e. The lowest BCUT2D eigenvalue weighted by molar-refractivity contribution is -0.153. The van der Waals surface area contributed by atoms with Crippen LogP contribution < -0.4 is 15.4 Å². The van der Waals surface area contributed by atoms with Gasteiger partial charge in [0.25, 0.3) is 0 Å². The summed E-state index contributed by atoms with van der Waals surface area (Å²) in [5.74, 6) is 1.40. The number of rotatable bonds is 4. The number of benzene rings is 1. The van der Waals surface area contributed by atoms with Crippen molar-refractivity contribution in [2.24, 2.45) is 0 Å². The van der Waals surface area contributed by atoms with Gasteiger partial charge in [0.05, 0.1) is 6.04 Å². The van der Waals surface area contributed by atoms with E-state index in [0.29, 0.717) is 11.4 Å². The molecule has 1 aliphatic heterocycles. The van der Waals surface area contributed by atoms with Crippen molar-refractivity contribution in [3.8, 4) is 5.75 Å². The van der Waals surface area contributed by atoms with Crippen molar-refractivity contribution in [3.63, 3.8) is 0 Å². The van der Waals surface area contributed by atoms with Crippen LogP contribution >= 0.6 is 11.8 Å². The number of hydrogen-bond donors (Lipinski definition) is 2. The molecule has 2 N–H and O–H groups in total. The van der Waals surface area contributed by atoms with E-state index in [-0.39, 0.29) is 17.7 Å². The van der Waals surface area contributed by atoms with Crippen molar-refractivity contribution in [2.75, 3.05) is 23.6 Å². The first-order valence-corrected chi connectivity index (χ1v) is 7.01. The van der Waals surface area contributed by atoms with Crippen LogP contribution in [0.1, 0.15) is 0 Å². The number of anilines is 1. The SMILES string of the molecule is O=C(Nc1ccc(OCC(F)(F)F)cc1)C1CSCN1. The van der Waals surface area contributed by atoms with Crippen LogP contribution in [0.3, 0.4) is 0 Å². The lowest BCUT2D eigenvalue weighted by Gasteiger charge is -2.12. The Morgan fingerprint density at radius 2 is 2.10 bits per heavy atom. The van der Waals surface area contributed by atoms with Crippen LogP contribution in [0.5, 0.6) is 5.75 Å². The van der Waals surface area contributed by atoms with Crippen LogP contribution in [-0.2, 0) is 4.79 Å². The van der Waals surface area contributed by atoms with Gasteiger partial charge < -0.3 is 10.1 Å². The average molecular weight is 306 g/mol. The van der Waals surface area contributed by atoms with Gasteiger partial charge in [-0.05, 0) is 24.3 Å². The number of carbonyl (C=O) groups is 1. The summed E-state index contributed by atoms with van der Waals surface area (Å²) in [5.41, 5.74) is 0.521. The van der Waals surface area contributed by atoms with E-state index < -0.39 is 12.8 Å². The second-order valence-electron chi connectivity index (χ2n) is 4.19. The van der Waals surface area contributed by atoms with E-state index in [0.717, 1.165) is 5.88 Å². The van der Waals surface area contributed by atoms with Crippen molar-refractivity contribution >= 4 is 23.4 Å². The Bertz CT molecular complexity index is 459. The van der Waals surface area contributed by atoms with E-state index >= 15 is 0 Å². The van der Waals surface area contributed by atoms with Gasteiger partial charge in [0.1, 0.15) is 5.75 Å². The van der Waals surface area contributed by atoms with E-state index in [1.54, 1.807) is 11.8 Å². The molecule has 8 heteroatoms. The summed E-state index contributed by atoms with van der Waals surface area (Å²) in [6, 6.07) is 5.55. The fourth-order valence-corrected chi connectivity index (χ4v) is 2.53. The van der Waals surface area contributed by atoms with Crippen LogP contribution in [0.2, 0.25) is 0 Å². The Morgan fingerprint density at radius 3 is 2.65 bits per heavy atom. The molecule has 1 amide bonds. The van der Waals surface area contributed by atoms with Gasteiger partial charge in [-0.15, -0.1) is 11.8 Å². The van der Waals surface area contributed by atoms with Crippen LogP contribution in [0.25, 0.3) is 0 Å². The highest BCUT2D eigenvalue weighted by Crippen LogP contribution is 2.20. The summed E-state index contributed by atoms with van der Waals surface area (Å²) in [6.45, 7) is -1.33. The van der Waals surface area contributed by atoms with Crippen molar-refractivity contribution in [1.29, 1.82) is 0 Å². The van der Waals surface area contributed by atoms with Gasteiger partial charge in [-0.1, -0.05) is 0 Å². The minimum atomic E-state index is -4.36. The summed E-state index contributed by atoms with van der Waals surface area (Å²) in [7, 11) is 0. The van der Waals surface area contributed by atoms with E-state index in [1.165, 1.54) is 24.3 Å². The van der Waals surface area contributed by atoms with Gasteiger partial charge >= 0.3 is 6.18 Å². The average Bonchev–Trinajstić information content (AvgIpc) is 2.91. The number of alkyl halides is 3. The molecule has 1 aromatic rings. The topological polar surface area (TPSA) is 50.4 Å². The standard InChI is InChI=1S/C12H13F3N2O2S/c13-12(14,15)6-19-9-3-1-8(2-4-9)17-11(18)10-5-20-7-16-10/h1-4,10,16H,5-7H2,(H,17,18). The van der Waals surface area contributed by atoms with Crippen molar-refractivity contribution in [1.82, 2.24) is 5.32 Å². The molecule has 1 unspecified atom stereocenters. The predicted molar refractivity (Wildman–Crippen MR) is 70.9 cm³/mol. The van der Waals surface area contributed by atoms with Gasteiger partial charge in [-0.3, -0.25) is 10.1 Å². The first-order chi connectivity index (χ1) is 9.44. The number of halogens is 3. The second-order valence-corrected chi connectivity index (χ2v) is 5.22. The first kappa shape index (κ1) is 15.0. The number of carbonyl (C=O) groups excluding carboxylic acids is 1. The number of ether oxygens (including phenoxy) is 1. The Balaban J connectivity index is 1.86. The van der Waals surface area contributed by atoms with Gasteiger partial charge in [0, 0.05) is 17.3 Å². The van der Waals surface area contributed by atoms with Crippen molar-refractivity contribution in [3.05, 3.63) is 24.3 Å². The Labute approximate surface area is 118 Å². The maximum atomic E-state index is 12.0. The van der Waals surface area contributed by atoms with Crippen LogP contribution in [0.15, 0.2) is 24.3 Å². The van der Waals surface area contributed by atoms with E-state index in [2.05, 4.69) is 15.4 Å². The summed E-state index contributed by atoms with van der Waals surface area (Å²) >= 11 is 1.63. The highest BCUT2D eigenvalue weighted by atomic mass is 32.2. The molecule has 1 fully saturated rings. The van der Waals surface area contributed by atoms with Gasteiger partial charge in [-0.2, -0.15) is 13.2 Å². The van der Waals surface area contributed by atoms with Gasteiger partial charge in [0.2, 0.25) is 5.91 Å².